The zero-order valence-electron chi connectivity index (χ0n) is 66.5. The van der Waals surface area contributed by atoms with Gasteiger partial charge in [-0.25, -0.2) is 8.78 Å². The Morgan fingerprint density at radius 3 is 1.81 bits per heavy atom. The van der Waals surface area contributed by atoms with Crippen molar-refractivity contribution in [2.75, 3.05) is 88.2 Å². The van der Waals surface area contributed by atoms with E-state index in [-0.39, 0.29) is 103 Å². The van der Waals surface area contributed by atoms with Gasteiger partial charge in [0.05, 0.1) is 31.5 Å². The lowest BCUT2D eigenvalue weighted by molar-refractivity contribution is -0.219. The van der Waals surface area contributed by atoms with Gasteiger partial charge in [-0.2, -0.15) is 26.3 Å². The minimum absolute atomic E-state index is 0.00318. The molecule has 1 spiro atoms. The van der Waals surface area contributed by atoms with Gasteiger partial charge in [-0.15, -0.1) is 0 Å². The molecule has 33 heteroatoms. The summed E-state index contributed by atoms with van der Waals surface area (Å²) in [5, 5.41) is 8.48. The smallest absolute Gasteiger partial charge is 0.377 e. The molecular weight excluding hydrogens is 1460 g/mol. The summed E-state index contributed by atoms with van der Waals surface area (Å²) < 4.78 is 122. The molecule has 25 nitrogen and oxygen atoms in total. The summed E-state index contributed by atoms with van der Waals surface area (Å²) in [4.78, 5) is 194. The number of alkyl halides is 8. The number of likely N-dealkylation sites (tertiary alicyclic amines) is 1. The third kappa shape index (κ3) is 21.8. The first kappa shape index (κ1) is 89.3. The number of nitrogens with one attached hydrogen (secondary N) is 3. The molecule has 12 amide bonds. The maximum absolute atomic E-state index is 15.8. The van der Waals surface area contributed by atoms with Gasteiger partial charge in [-0.1, -0.05) is 59.1 Å². The van der Waals surface area contributed by atoms with Crippen molar-refractivity contribution in [1.82, 2.24) is 60.0 Å². The molecule has 4 saturated carbocycles. The van der Waals surface area contributed by atoms with Crippen LogP contribution in [-0.2, 0) is 62.3 Å². The van der Waals surface area contributed by atoms with Crippen LogP contribution in [0.3, 0.4) is 0 Å². The number of hydrogen-bond acceptors (Lipinski definition) is 13. The summed E-state index contributed by atoms with van der Waals surface area (Å²) in [7, 11) is 8.13. The Hall–Kier alpha value is -7.22. The Labute approximate surface area is 647 Å². The largest absolute Gasteiger partial charge is 0.397 e. The molecule has 3 saturated heterocycles. The first-order valence-corrected chi connectivity index (χ1v) is 40.3. The molecule has 8 aliphatic rings. The number of halogens is 8. The van der Waals surface area contributed by atoms with Crippen LogP contribution in [0.1, 0.15) is 195 Å². The fraction of sp³-hybridized carbons (Fsp3) is 0.821. The monoisotopic (exact) mass is 1580 g/mol. The molecule has 4 heterocycles. The highest BCUT2D eigenvalue weighted by atomic mass is 19.4. The van der Waals surface area contributed by atoms with Gasteiger partial charge in [0.1, 0.15) is 72.1 Å². The average molecular weight is 1590 g/mol. The van der Waals surface area contributed by atoms with E-state index in [1.165, 1.54) is 61.9 Å². The van der Waals surface area contributed by atoms with E-state index >= 15 is 51.9 Å². The van der Waals surface area contributed by atoms with Gasteiger partial charge in [-0.3, -0.25) is 57.5 Å². The van der Waals surface area contributed by atoms with Crippen molar-refractivity contribution in [1.29, 1.82) is 0 Å². The van der Waals surface area contributed by atoms with Crippen LogP contribution in [0.2, 0.25) is 0 Å². The van der Waals surface area contributed by atoms with Crippen molar-refractivity contribution in [2.24, 2.45) is 41.4 Å². The Morgan fingerprint density at radius 1 is 0.604 bits per heavy atom. The number of ether oxygens (including phenoxy) is 1. The van der Waals surface area contributed by atoms with Crippen molar-refractivity contribution >= 4 is 70.9 Å². The molecule has 8 rings (SSSR count). The SMILES string of the molecule is CCO[C@@H]1C[C@H]2C(=O)NC3(CCC3)C(=O)N(C)[C@@H](C3CCCC3)C(=O)N(C)[C@H](C(=O)N3CCCCC3)CC(=O)N(C)[C@@H](CC(C)C)C(=O)N[C@@H]([C@@H](C)CC)C(=O)N(C)CC(=O)N(C)C3C/C=C\CCN(C3=O)[C@@H](CC3CCC(C(F)(F)F)CC3)C(=O)N(C)CC(=O)N[C@@H](CCC3CC(F)C(C(F)(F)F)C(F)C3)C(=O)N2C1. The third-order valence-electron chi connectivity index (χ3n) is 25.1. The molecule has 7 fully saturated rings. The van der Waals surface area contributed by atoms with Crippen LogP contribution >= 0.6 is 0 Å². The molecule has 0 radical (unpaired) electrons. The van der Waals surface area contributed by atoms with Crippen LogP contribution < -0.4 is 16.0 Å². The maximum Gasteiger partial charge on any atom is 0.397 e. The molecule has 111 heavy (non-hydrogen) atoms. The highest BCUT2D eigenvalue weighted by Gasteiger charge is 2.56. The summed E-state index contributed by atoms with van der Waals surface area (Å²) in [5.41, 5.74) is -1.69. The number of carbonyl (C=O) groups is 12. The first-order valence-electron chi connectivity index (χ1n) is 40.3. The van der Waals surface area contributed by atoms with E-state index in [0.717, 1.165) is 26.0 Å². The van der Waals surface area contributed by atoms with Crippen LogP contribution in [0.15, 0.2) is 12.2 Å². The zero-order chi connectivity index (χ0) is 81.9. The summed E-state index contributed by atoms with van der Waals surface area (Å²) in [6, 6.07) is -11.3. The Kier molecular flexibility index (Phi) is 31.2. The summed E-state index contributed by atoms with van der Waals surface area (Å²) in [6.07, 6.45) is -10.9. The fourth-order valence-corrected chi connectivity index (χ4v) is 18.0. The van der Waals surface area contributed by atoms with E-state index in [4.69, 9.17) is 4.74 Å². The van der Waals surface area contributed by atoms with Gasteiger partial charge >= 0.3 is 12.4 Å². The lowest BCUT2D eigenvalue weighted by Crippen LogP contribution is -2.68. The topological polar surface area (TPSA) is 279 Å². The minimum Gasteiger partial charge on any atom is -0.377 e. The predicted octanol–water partition coefficient (Wildman–Crippen LogP) is 7.28. The lowest BCUT2D eigenvalue weighted by Gasteiger charge is -2.47. The number of fused-ring (bicyclic) bond motifs is 3. The Balaban J connectivity index is 1.21. The molecule has 12 atom stereocenters. The van der Waals surface area contributed by atoms with Crippen LogP contribution in [0, 0.1) is 41.4 Å². The fourth-order valence-electron chi connectivity index (χ4n) is 18.0. The van der Waals surface area contributed by atoms with Crippen molar-refractivity contribution in [3.8, 4) is 0 Å². The van der Waals surface area contributed by atoms with Crippen molar-refractivity contribution in [2.45, 2.75) is 280 Å². The minimum atomic E-state index is -5.22. The van der Waals surface area contributed by atoms with Gasteiger partial charge in [0.25, 0.3) is 0 Å². The molecule has 4 aliphatic carbocycles. The summed E-state index contributed by atoms with van der Waals surface area (Å²) in [6.45, 7) is 7.60. The van der Waals surface area contributed by atoms with E-state index in [0.29, 0.717) is 64.5 Å². The van der Waals surface area contributed by atoms with Crippen molar-refractivity contribution in [3.05, 3.63) is 12.2 Å². The Morgan fingerprint density at radius 2 is 1.23 bits per heavy atom. The van der Waals surface area contributed by atoms with E-state index in [9.17, 15) is 40.7 Å². The first-order chi connectivity index (χ1) is 52.2. The number of rotatable bonds is 13. The molecular formula is C78H120F8N12O13. The van der Waals surface area contributed by atoms with Crippen LogP contribution in [0.4, 0.5) is 35.1 Å². The van der Waals surface area contributed by atoms with Gasteiger partial charge in [0.2, 0.25) is 70.9 Å². The highest BCUT2D eigenvalue weighted by molar-refractivity contribution is 6.01. The van der Waals surface area contributed by atoms with Crippen LogP contribution in [0.5, 0.6) is 0 Å². The second-order valence-corrected chi connectivity index (χ2v) is 33.3. The predicted molar refractivity (Wildman–Crippen MR) is 393 cm³/mol. The number of piperidine rings is 1. The van der Waals surface area contributed by atoms with Gasteiger partial charge < -0.3 is 64.8 Å². The van der Waals surface area contributed by atoms with E-state index in [1.807, 2.05) is 13.8 Å². The number of amides is 12. The number of likely N-dealkylation sites (N-methyl/N-ethyl adjacent to an activating group) is 6. The lowest BCUT2D eigenvalue weighted by atomic mass is 9.74. The van der Waals surface area contributed by atoms with Crippen molar-refractivity contribution < 1.29 is 97.4 Å². The molecule has 0 aromatic heterocycles. The third-order valence-corrected chi connectivity index (χ3v) is 25.1. The van der Waals surface area contributed by atoms with Crippen LogP contribution in [-0.4, -0.2) is 288 Å². The quantitative estimate of drug-likeness (QED) is 0.121. The van der Waals surface area contributed by atoms with Gasteiger partial charge in [0, 0.05) is 81.5 Å². The standard InChI is InChI=1S/C78H120F8N12O13/c1-12-47(5)65-73(108)91(7)45-63(101)92(8)56-25-16-14-21-36-97(72(56)107)60(40-48-26-29-51(30-27-48)77(81,82)83)70(105)90(6)44-61(99)87-55(31-28-49-38-53(79)64(54(80)39-49)78(84,85)86)69(104)98-43-52(111-13-2)41-58(98)68(103)89-76(32-22-33-76)75(110)95(11)66(50-23-17-18-24-50)74(109)94(10)59(71(106)96-34-19-15-20-35-96)42-62(100)93(9)57(37-46(3)4)67(102)88-65/h14,16,46-60,64-66H,12-13,15,17-45H2,1-11H3,(H,87,99)(H,88,102)(H,89,103)/b16-14-/t47-,48?,49?,51?,52+,53?,54?,55-,56?,57-,58-,59-,60-,64?,65-,66-/m0/s1. The molecule has 3 unspecified atom stereocenters. The number of carbonyl (C=O) groups excluding carboxylic acids is 12. The second-order valence-electron chi connectivity index (χ2n) is 33.3. The molecule has 0 aromatic carbocycles. The van der Waals surface area contributed by atoms with E-state index < -0.39 is 230 Å². The maximum atomic E-state index is 15.8. The summed E-state index contributed by atoms with van der Waals surface area (Å²) in [5.74, 6) is -16.7. The van der Waals surface area contributed by atoms with E-state index in [1.54, 1.807) is 37.8 Å². The van der Waals surface area contributed by atoms with Crippen molar-refractivity contribution in [3.63, 3.8) is 0 Å². The van der Waals surface area contributed by atoms with Crippen LogP contribution in [0.25, 0.3) is 0 Å². The van der Waals surface area contributed by atoms with Gasteiger partial charge in [0.15, 0.2) is 0 Å². The second kappa shape index (κ2) is 38.7. The Bertz CT molecular complexity index is 3310. The average Bonchev–Trinajstić information content (AvgIpc) is 1.70. The van der Waals surface area contributed by atoms with Gasteiger partial charge in [-0.05, 0) is 165 Å². The number of hydrogen-bond donors (Lipinski definition) is 3. The molecule has 0 aromatic rings. The highest BCUT2D eigenvalue weighted by Crippen LogP contribution is 2.46. The normalized spacial score (nSPS) is 32.3. The molecule has 4 aliphatic heterocycles. The van der Waals surface area contributed by atoms with E-state index in [2.05, 4.69) is 16.0 Å². The number of nitrogens with zero attached hydrogens (tertiary/aromatic N) is 9. The summed E-state index contributed by atoms with van der Waals surface area (Å²) >= 11 is 0. The molecule has 3 N–H and O–H groups in total. The molecule has 626 valence electrons. The zero-order valence-corrected chi connectivity index (χ0v) is 66.5. The molecule has 2 bridgehead atoms.